The minimum atomic E-state index is -0.376. The number of morpholine rings is 1. The summed E-state index contributed by atoms with van der Waals surface area (Å²) in [6.07, 6.45) is 3.07. The van der Waals surface area contributed by atoms with Crippen molar-refractivity contribution in [2.45, 2.75) is 17.8 Å². The van der Waals surface area contributed by atoms with Gasteiger partial charge in [-0.3, -0.25) is 10.1 Å². The Morgan fingerprint density at radius 2 is 2.03 bits per heavy atom. The molecule has 2 atom stereocenters. The Kier molecular flexibility index (Phi) is 4.82. The van der Waals surface area contributed by atoms with Gasteiger partial charge in [-0.25, -0.2) is 4.98 Å². The highest BCUT2D eigenvalue weighted by molar-refractivity contribution is 5.94. The van der Waals surface area contributed by atoms with E-state index in [0.717, 1.165) is 58.9 Å². The first-order valence-corrected chi connectivity index (χ1v) is 12.5. The van der Waals surface area contributed by atoms with Crippen LogP contribution in [-0.4, -0.2) is 61.9 Å². The van der Waals surface area contributed by atoms with E-state index in [1.54, 1.807) is 20.4 Å². The van der Waals surface area contributed by atoms with Crippen molar-refractivity contribution in [3.05, 3.63) is 59.8 Å². The highest BCUT2D eigenvalue weighted by Gasteiger charge is 2.58. The van der Waals surface area contributed by atoms with E-state index in [9.17, 15) is 0 Å². The lowest BCUT2D eigenvalue weighted by Crippen LogP contribution is -2.37. The molecule has 3 aliphatic rings. The van der Waals surface area contributed by atoms with Crippen LogP contribution in [0.5, 0.6) is 11.5 Å². The lowest BCUT2D eigenvalue weighted by molar-refractivity contribution is 0.122. The molecule has 9 nitrogen and oxygen atoms in total. The second-order valence-electron chi connectivity index (χ2n) is 9.65. The lowest BCUT2D eigenvalue weighted by Gasteiger charge is -2.29. The van der Waals surface area contributed by atoms with Gasteiger partial charge in [0, 0.05) is 36.3 Å². The first-order valence-electron chi connectivity index (χ1n) is 13.0. The van der Waals surface area contributed by atoms with Crippen LogP contribution in [0, 0.1) is 0 Å². The van der Waals surface area contributed by atoms with Crippen LogP contribution in [-0.2, 0) is 10.2 Å². The molecule has 0 radical (unpaired) electrons. The standard InChI is InChI=1S/C28H28N6O3/c1-35-18-4-6-22-20(14-18)28(16-30-22)15-21(28)17-3-5-19-24(13-17)32-33-26(19)31-23-7-8-29-27(25(23)36-2)34-9-11-37-12-10-34/h3-8,13-14,16,21H,9-12,15H2,1-2H3,(H2,29,31,32,33)/t21-,28-/m0/s1/i16D. The van der Waals surface area contributed by atoms with Crippen molar-refractivity contribution in [1.29, 1.82) is 0 Å². The molecule has 1 aliphatic carbocycles. The first kappa shape index (κ1) is 21.0. The molecule has 2 aliphatic heterocycles. The molecule has 1 spiro atoms. The monoisotopic (exact) mass is 497 g/mol. The molecule has 4 aromatic rings. The molecule has 1 saturated carbocycles. The third-order valence-electron chi connectivity index (χ3n) is 7.66. The highest BCUT2D eigenvalue weighted by Crippen LogP contribution is 2.64. The van der Waals surface area contributed by atoms with Gasteiger partial charge in [0.25, 0.3) is 0 Å². The highest BCUT2D eigenvalue weighted by atomic mass is 16.5. The van der Waals surface area contributed by atoms with Gasteiger partial charge in [0.15, 0.2) is 17.4 Å². The second-order valence-corrected chi connectivity index (χ2v) is 9.65. The van der Waals surface area contributed by atoms with Crippen LogP contribution >= 0.6 is 0 Å². The van der Waals surface area contributed by atoms with E-state index in [2.05, 4.69) is 48.6 Å². The Morgan fingerprint density at radius 3 is 2.86 bits per heavy atom. The van der Waals surface area contributed by atoms with Crippen LogP contribution in [0.15, 0.2) is 53.7 Å². The molecule has 2 aromatic carbocycles. The molecule has 2 fully saturated rings. The Morgan fingerprint density at radius 1 is 1.14 bits per heavy atom. The number of nitrogens with one attached hydrogen (secondary N) is 2. The molecule has 2 N–H and O–H groups in total. The van der Waals surface area contributed by atoms with Crippen molar-refractivity contribution in [2.24, 2.45) is 4.99 Å². The van der Waals surface area contributed by atoms with Crippen molar-refractivity contribution in [3.63, 3.8) is 0 Å². The van der Waals surface area contributed by atoms with Crippen molar-refractivity contribution >= 4 is 40.1 Å². The van der Waals surface area contributed by atoms with Gasteiger partial charge < -0.3 is 24.4 Å². The van der Waals surface area contributed by atoms with E-state index in [-0.39, 0.29) is 11.3 Å². The molecule has 0 bridgehead atoms. The SMILES string of the molecule is [2H]C1=Nc2ccc(OC)cc2[C@]12C[C@H]2c1ccc2c(Nc3ccnc(N4CCOCC4)c3OC)n[nH]c2c1. The summed E-state index contributed by atoms with van der Waals surface area (Å²) in [5, 5.41) is 12.2. The predicted molar refractivity (Wildman–Crippen MR) is 143 cm³/mol. The van der Waals surface area contributed by atoms with Crippen LogP contribution in [0.4, 0.5) is 23.0 Å². The molecule has 2 aromatic heterocycles. The maximum Gasteiger partial charge on any atom is 0.184 e. The number of aromatic nitrogens is 3. The fourth-order valence-electron chi connectivity index (χ4n) is 5.62. The molecule has 0 unspecified atom stereocenters. The maximum atomic E-state index is 8.66. The smallest absolute Gasteiger partial charge is 0.184 e. The lowest BCUT2D eigenvalue weighted by atomic mass is 9.92. The van der Waals surface area contributed by atoms with Crippen LogP contribution < -0.4 is 19.7 Å². The van der Waals surface area contributed by atoms with E-state index in [1.165, 1.54) is 5.56 Å². The zero-order chi connectivity index (χ0) is 25.9. The average Bonchev–Trinajstić information content (AvgIpc) is 3.51. The minimum Gasteiger partial charge on any atom is -0.497 e. The van der Waals surface area contributed by atoms with Gasteiger partial charge in [0.2, 0.25) is 0 Å². The number of hydrogen-bond acceptors (Lipinski definition) is 8. The molecule has 37 heavy (non-hydrogen) atoms. The Labute approximate surface area is 215 Å². The summed E-state index contributed by atoms with van der Waals surface area (Å²) < 4.78 is 25.4. The molecule has 9 heteroatoms. The number of benzene rings is 2. The van der Waals surface area contributed by atoms with Gasteiger partial charge in [-0.2, -0.15) is 5.10 Å². The third-order valence-corrected chi connectivity index (χ3v) is 7.66. The molecule has 0 amide bonds. The topological polar surface area (TPSA) is 96.9 Å². The van der Waals surface area contributed by atoms with Gasteiger partial charge in [-0.1, -0.05) is 6.07 Å². The average molecular weight is 498 g/mol. The van der Waals surface area contributed by atoms with E-state index in [4.69, 9.17) is 15.6 Å². The molecule has 1 saturated heterocycles. The minimum absolute atomic E-state index is 0.188. The van der Waals surface area contributed by atoms with Gasteiger partial charge in [0.05, 0.1) is 45.7 Å². The zero-order valence-corrected chi connectivity index (χ0v) is 20.7. The summed E-state index contributed by atoms with van der Waals surface area (Å²) in [5.41, 5.74) is 4.48. The fraction of sp³-hybridized carbons (Fsp3) is 0.321. The van der Waals surface area contributed by atoms with E-state index in [0.29, 0.717) is 31.0 Å². The van der Waals surface area contributed by atoms with Gasteiger partial charge >= 0.3 is 0 Å². The molecular weight excluding hydrogens is 468 g/mol. The molecular formula is C28H28N6O3. The summed E-state index contributed by atoms with van der Waals surface area (Å²) >= 11 is 0. The normalized spacial score (nSPS) is 22.5. The number of aliphatic imine (C=N–C) groups is 1. The zero-order valence-electron chi connectivity index (χ0n) is 21.7. The number of hydrogen-bond donors (Lipinski definition) is 2. The second kappa shape index (κ2) is 8.48. The molecule has 188 valence electrons. The summed E-state index contributed by atoms with van der Waals surface area (Å²) in [6, 6.07) is 14.1. The van der Waals surface area contributed by atoms with E-state index >= 15 is 0 Å². The van der Waals surface area contributed by atoms with Crippen molar-refractivity contribution < 1.29 is 15.6 Å². The predicted octanol–water partition coefficient (Wildman–Crippen LogP) is 4.70. The maximum absolute atomic E-state index is 8.66. The number of pyridine rings is 1. The number of fused-ring (bicyclic) bond motifs is 3. The van der Waals surface area contributed by atoms with Crippen molar-refractivity contribution in [3.8, 4) is 11.5 Å². The number of anilines is 3. The van der Waals surface area contributed by atoms with Crippen molar-refractivity contribution in [1.82, 2.24) is 15.2 Å². The summed E-state index contributed by atoms with van der Waals surface area (Å²) in [5.74, 6) is 3.17. The Hall–Kier alpha value is -4.11. The van der Waals surface area contributed by atoms with Gasteiger partial charge in [-0.15, -0.1) is 0 Å². The quantitative estimate of drug-likeness (QED) is 0.399. The third kappa shape index (κ3) is 3.53. The van der Waals surface area contributed by atoms with Gasteiger partial charge in [-0.05, 0) is 59.9 Å². The van der Waals surface area contributed by atoms with Crippen LogP contribution in [0.3, 0.4) is 0 Å². The Bertz CT molecular complexity index is 1580. The van der Waals surface area contributed by atoms with Crippen LogP contribution in [0.1, 0.15) is 24.8 Å². The first-order chi connectivity index (χ1) is 18.6. The van der Waals surface area contributed by atoms with Gasteiger partial charge in [0.1, 0.15) is 5.75 Å². The summed E-state index contributed by atoms with van der Waals surface area (Å²) in [7, 11) is 3.33. The Balaban J connectivity index is 1.18. The van der Waals surface area contributed by atoms with E-state index < -0.39 is 0 Å². The number of H-pyrrole nitrogens is 1. The largest absolute Gasteiger partial charge is 0.497 e. The van der Waals surface area contributed by atoms with E-state index in [1.807, 2.05) is 24.3 Å². The van der Waals surface area contributed by atoms with Crippen LogP contribution in [0.25, 0.3) is 10.9 Å². The number of nitrogens with zero attached hydrogens (tertiary/aromatic N) is 4. The number of rotatable bonds is 6. The number of ether oxygens (including phenoxy) is 3. The molecule has 7 rings (SSSR count). The number of aromatic amines is 1. The van der Waals surface area contributed by atoms with Crippen LogP contribution in [0.2, 0.25) is 0 Å². The summed E-state index contributed by atoms with van der Waals surface area (Å²) in [4.78, 5) is 11.3. The van der Waals surface area contributed by atoms with Crippen molar-refractivity contribution in [2.75, 3.05) is 50.7 Å². The summed E-state index contributed by atoms with van der Waals surface area (Å²) in [6.45, 7) is 2.88. The number of methoxy groups -OCH3 is 2. The molecule has 4 heterocycles. The fourth-order valence-corrected chi connectivity index (χ4v) is 5.62.